The van der Waals surface area contributed by atoms with Gasteiger partial charge in [0, 0.05) is 23.1 Å². The van der Waals surface area contributed by atoms with Crippen molar-refractivity contribution in [1.29, 1.82) is 0 Å². The Bertz CT molecular complexity index is 1140. The molecule has 152 valence electrons. The van der Waals surface area contributed by atoms with Crippen LogP contribution in [0.15, 0.2) is 41.8 Å². The van der Waals surface area contributed by atoms with Crippen LogP contribution in [0.2, 0.25) is 0 Å². The van der Waals surface area contributed by atoms with Crippen LogP contribution in [-0.4, -0.2) is 20.7 Å². The summed E-state index contributed by atoms with van der Waals surface area (Å²) in [6.45, 7) is 0. The van der Waals surface area contributed by atoms with E-state index in [4.69, 9.17) is 0 Å². The van der Waals surface area contributed by atoms with E-state index < -0.39 is 27.1 Å². The summed E-state index contributed by atoms with van der Waals surface area (Å²) in [4.78, 5) is 37.4. The standard InChI is InChI=1S/C20H16N4O5S/c25-19(15-8-16(23(26)27)10-17(9-15)24(28)29)22-20-21-18(11-30-20)14-6-5-12-3-1-2-4-13(12)7-14/h5-11H,1-4H2,(H,21,22,25). The van der Waals surface area contributed by atoms with Gasteiger partial charge in [0.25, 0.3) is 17.3 Å². The summed E-state index contributed by atoms with van der Waals surface area (Å²) < 4.78 is 0. The molecule has 1 amide bonds. The van der Waals surface area contributed by atoms with Crippen molar-refractivity contribution < 1.29 is 14.6 Å². The van der Waals surface area contributed by atoms with E-state index in [-0.39, 0.29) is 5.56 Å². The minimum atomic E-state index is -0.776. The third-order valence-corrected chi connectivity index (χ3v) is 5.71. The van der Waals surface area contributed by atoms with E-state index in [0.717, 1.165) is 36.6 Å². The number of nitrogens with zero attached hydrogens (tertiary/aromatic N) is 3. The number of nitrogens with one attached hydrogen (secondary N) is 1. The molecular formula is C20H16N4O5S. The van der Waals surface area contributed by atoms with Gasteiger partial charge in [-0.05, 0) is 42.9 Å². The number of aryl methyl sites for hydroxylation is 2. The Labute approximate surface area is 174 Å². The predicted molar refractivity (Wildman–Crippen MR) is 112 cm³/mol. The fraction of sp³-hybridized carbons (Fsp3) is 0.200. The highest BCUT2D eigenvalue weighted by atomic mass is 32.1. The quantitative estimate of drug-likeness (QED) is 0.464. The zero-order valence-corrected chi connectivity index (χ0v) is 16.5. The van der Waals surface area contributed by atoms with E-state index in [9.17, 15) is 25.0 Å². The highest BCUT2D eigenvalue weighted by molar-refractivity contribution is 7.14. The van der Waals surface area contributed by atoms with Crippen LogP contribution in [-0.2, 0) is 12.8 Å². The van der Waals surface area contributed by atoms with Gasteiger partial charge < -0.3 is 0 Å². The molecule has 0 saturated heterocycles. The van der Waals surface area contributed by atoms with E-state index in [0.29, 0.717) is 10.8 Å². The summed E-state index contributed by atoms with van der Waals surface area (Å²) >= 11 is 1.21. The van der Waals surface area contributed by atoms with Gasteiger partial charge >= 0.3 is 0 Å². The number of carbonyl (C=O) groups is 1. The molecule has 1 N–H and O–H groups in total. The maximum Gasteiger partial charge on any atom is 0.277 e. The van der Waals surface area contributed by atoms with Crippen molar-refractivity contribution in [3.8, 4) is 11.3 Å². The maximum atomic E-state index is 12.5. The lowest BCUT2D eigenvalue weighted by molar-refractivity contribution is -0.394. The van der Waals surface area contributed by atoms with Crippen LogP contribution in [0.25, 0.3) is 11.3 Å². The first-order valence-electron chi connectivity index (χ1n) is 9.23. The largest absolute Gasteiger partial charge is 0.298 e. The van der Waals surface area contributed by atoms with Crippen molar-refractivity contribution in [3.63, 3.8) is 0 Å². The lowest BCUT2D eigenvalue weighted by Crippen LogP contribution is -2.12. The number of nitro groups is 2. The summed E-state index contributed by atoms with van der Waals surface area (Å²) in [5, 5.41) is 26.7. The SMILES string of the molecule is O=C(Nc1nc(-c2ccc3c(c2)CCCC3)cs1)c1cc([N+](=O)[O-])cc([N+](=O)[O-])c1. The molecule has 0 fully saturated rings. The lowest BCUT2D eigenvalue weighted by Gasteiger charge is -2.16. The summed E-state index contributed by atoms with van der Waals surface area (Å²) in [5.41, 5.74) is 3.13. The van der Waals surface area contributed by atoms with Crippen molar-refractivity contribution in [3.05, 3.63) is 78.7 Å². The molecule has 0 saturated carbocycles. The number of non-ortho nitro benzene ring substituents is 2. The van der Waals surface area contributed by atoms with E-state index in [1.807, 2.05) is 11.4 Å². The van der Waals surface area contributed by atoms with Crippen molar-refractivity contribution in [2.45, 2.75) is 25.7 Å². The molecular weight excluding hydrogens is 408 g/mol. The molecule has 30 heavy (non-hydrogen) atoms. The van der Waals surface area contributed by atoms with Gasteiger partial charge in [0.05, 0.1) is 27.2 Å². The number of thiazole rings is 1. The second-order valence-electron chi connectivity index (χ2n) is 6.93. The third-order valence-electron chi connectivity index (χ3n) is 4.96. The molecule has 0 radical (unpaired) electrons. The number of hydrogen-bond acceptors (Lipinski definition) is 7. The molecule has 1 aromatic heterocycles. The Balaban J connectivity index is 1.56. The molecule has 2 aromatic carbocycles. The smallest absolute Gasteiger partial charge is 0.277 e. The van der Waals surface area contributed by atoms with Gasteiger partial charge in [-0.25, -0.2) is 4.98 Å². The topological polar surface area (TPSA) is 128 Å². The molecule has 10 heteroatoms. The van der Waals surface area contributed by atoms with Crippen LogP contribution in [0, 0.1) is 20.2 Å². The third kappa shape index (κ3) is 4.03. The molecule has 9 nitrogen and oxygen atoms in total. The first-order valence-corrected chi connectivity index (χ1v) is 10.1. The maximum absolute atomic E-state index is 12.5. The number of benzene rings is 2. The monoisotopic (exact) mass is 424 g/mol. The molecule has 0 atom stereocenters. The van der Waals surface area contributed by atoms with Gasteiger partial charge in [0.15, 0.2) is 5.13 Å². The van der Waals surface area contributed by atoms with Crippen molar-refractivity contribution in [2.75, 3.05) is 5.32 Å². The number of carbonyl (C=O) groups excluding carboxylic acids is 1. The summed E-state index contributed by atoms with van der Waals surface area (Å²) in [6, 6.07) is 9.06. The van der Waals surface area contributed by atoms with Crippen LogP contribution in [0.1, 0.15) is 34.3 Å². The van der Waals surface area contributed by atoms with Crippen LogP contribution in [0.4, 0.5) is 16.5 Å². The Morgan fingerprint density at radius 3 is 2.30 bits per heavy atom. The zero-order chi connectivity index (χ0) is 21.3. The Kier molecular flexibility index (Phi) is 5.23. The number of fused-ring (bicyclic) bond motifs is 1. The van der Waals surface area contributed by atoms with Crippen LogP contribution in [0.3, 0.4) is 0 Å². The van der Waals surface area contributed by atoms with E-state index in [1.54, 1.807) is 0 Å². The van der Waals surface area contributed by atoms with Crippen molar-refractivity contribution >= 4 is 33.8 Å². The summed E-state index contributed by atoms with van der Waals surface area (Å²) in [5.74, 6) is -0.701. The Morgan fingerprint density at radius 2 is 1.63 bits per heavy atom. The summed E-state index contributed by atoms with van der Waals surface area (Å²) in [6.07, 6.45) is 4.50. The van der Waals surface area contributed by atoms with Gasteiger partial charge in [0.1, 0.15) is 0 Å². The summed E-state index contributed by atoms with van der Waals surface area (Å²) in [7, 11) is 0. The van der Waals surface area contributed by atoms with Gasteiger partial charge in [-0.2, -0.15) is 0 Å². The number of rotatable bonds is 5. The fourth-order valence-corrected chi connectivity index (χ4v) is 4.18. The number of hydrogen-bond donors (Lipinski definition) is 1. The molecule has 4 rings (SSSR count). The number of anilines is 1. The molecule has 1 aliphatic carbocycles. The average molecular weight is 424 g/mol. The van der Waals surface area contributed by atoms with Crippen LogP contribution < -0.4 is 5.32 Å². The number of amides is 1. The Morgan fingerprint density at radius 1 is 0.967 bits per heavy atom. The first kappa shape index (κ1) is 19.6. The van der Waals surface area contributed by atoms with Crippen molar-refractivity contribution in [2.24, 2.45) is 0 Å². The number of aromatic nitrogens is 1. The van der Waals surface area contributed by atoms with Gasteiger partial charge in [-0.3, -0.25) is 30.3 Å². The molecule has 1 heterocycles. The van der Waals surface area contributed by atoms with Gasteiger partial charge in [-0.15, -0.1) is 11.3 Å². The van der Waals surface area contributed by atoms with Crippen molar-refractivity contribution in [1.82, 2.24) is 4.98 Å². The molecule has 1 aliphatic rings. The molecule has 0 unspecified atom stereocenters. The number of nitro benzene ring substituents is 2. The van der Waals surface area contributed by atoms with E-state index in [1.165, 1.54) is 35.3 Å². The van der Waals surface area contributed by atoms with Crippen LogP contribution >= 0.6 is 11.3 Å². The Hall–Kier alpha value is -3.66. The fourth-order valence-electron chi connectivity index (χ4n) is 3.46. The molecule has 0 bridgehead atoms. The second-order valence-corrected chi connectivity index (χ2v) is 7.79. The predicted octanol–water partition coefficient (Wildman–Crippen LogP) is 4.76. The highest BCUT2D eigenvalue weighted by Crippen LogP contribution is 2.30. The van der Waals surface area contributed by atoms with E-state index >= 15 is 0 Å². The minimum Gasteiger partial charge on any atom is -0.298 e. The average Bonchev–Trinajstić information content (AvgIpc) is 3.21. The molecule has 3 aromatic rings. The molecule has 0 spiro atoms. The second kappa shape index (κ2) is 7.99. The van der Waals surface area contributed by atoms with E-state index in [2.05, 4.69) is 22.4 Å². The van der Waals surface area contributed by atoms with Crippen LogP contribution in [0.5, 0.6) is 0 Å². The normalized spacial score (nSPS) is 12.8. The van der Waals surface area contributed by atoms with Gasteiger partial charge in [-0.1, -0.05) is 12.1 Å². The minimum absolute atomic E-state index is 0.179. The lowest BCUT2D eigenvalue weighted by atomic mass is 9.90. The zero-order valence-electron chi connectivity index (χ0n) is 15.7. The molecule has 0 aliphatic heterocycles. The van der Waals surface area contributed by atoms with Gasteiger partial charge in [0.2, 0.25) is 0 Å². The first-order chi connectivity index (χ1) is 14.4. The highest BCUT2D eigenvalue weighted by Gasteiger charge is 2.21.